The molecule has 24 heavy (non-hydrogen) atoms. The molecule has 0 bridgehead atoms. The van der Waals surface area contributed by atoms with E-state index in [1.165, 1.54) is 0 Å². The summed E-state index contributed by atoms with van der Waals surface area (Å²) in [6.07, 6.45) is -2.31. The third kappa shape index (κ3) is 6.91. The van der Waals surface area contributed by atoms with Crippen LogP contribution in [0.1, 0.15) is 58.6 Å². The Morgan fingerprint density at radius 2 is 1.75 bits per heavy atom. The molecule has 136 valence electrons. The average Bonchev–Trinajstić information content (AvgIpc) is 2.43. The summed E-state index contributed by atoms with van der Waals surface area (Å²) in [5.74, 6) is -4.84. The first-order valence-corrected chi connectivity index (χ1v) is 7.94. The van der Waals surface area contributed by atoms with Crippen LogP contribution in [0.15, 0.2) is 24.3 Å². The van der Waals surface area contributed by atoms with Gasteiger partial charge in [0, 0.05) is 12.8 Å². The third-order valence-electron chi connectivity index (χ3n) is 3.47. The highest BCUT2D eigenvalue weighted by molar-refractivity contribution is 5.69. The van der Waals surface area contributed by atoms with E-state index >= 15 is 0 Å². The van der Waals surface area contributed by atoms with Gasteiger partial charge in [-0.05, 0) is 50.8 Å². The number of rotatable bonds is 7. The Kier molecular flexibility index (Phi) is 6.84. The number of hydrogen-bond donors (Lipinski definition) is 1. The highest BCUT2D eigenvalue weighted by Gasteiger charge is 2.40. The van der Waals surface area contributed by atoms with E-state index < -0.39 is 41.8 Å². The maximum atomic E-state index is 14.2. The molecule has 0 heterocycles. The molecule has 0 radical (unpaired) electrons. The highest BCUT2D eigenvalue weighted by Crippen LogP contribution is 2.37. The number of benzene rings is 1. The van der Waals surface area contributed by atoms with Gasteiger partial charge in [-0.2, -0.15) is 0 Å². The lowest BCUT2D eigenvalue weighted by Crippen LogP contribution is -2.29. The van der Waals surface area contributed by atoms with E-state index in [4.69, 9.17) is 4.74 Å². The molecule has 6 heteroatoms. The summed E-state index contributed by atoms with van der Waals surface area (Å²) >= 11 is 0. The Bertz CT molecular complexity index is 535. The molecule has 2 unspecified atom stereocenters. The van der Waals surface area contributed by atoms with E-state index in [-0.39, 0.29) is 18.4 Å². The summed E-state index contributed by atoms with van der Waals surface area (Å²) in [6, 6.07) is 4.33. The van der Waals surface area contributed by atoms with Crippen LogP contribution >= 0.6 is 0 Å². The van der Waals surface area contributed by atoms with Gasteiger partial charge >= 0.3 is 5.97 Å². The summed E-state index contributed by atoms with van der Waals surface area (Å²) in [5.41, 5.74) is -0.649. The number of esters is 1. The monoisotopic (exact) mass is 346 g/mol. The van der Waals surface area contributed by atoms with Gasteiger partial charge in [-0.3, -0.25) is 4.79 Å². The van der Waals surface area contributed by atoms with E-state index in [9.17, 15) is 23.1 Å². The number of aliphatic hydroxyl groups excluding tert-OH is 1. The van der Waals surface area contributed by atoms with Gasteiger partial charge in [0.2, 0.25) is 0 Å². The zero-order valence-corrected chi connectivity index (χ0v) is 14.5. The van der Waals surface area contributed by atoms with Gasteiger partial charge in [-0.25, -0.2) is 13.2 Å². The van der Waals surface area contributed by atoms with Gasteiger partial charge in [0.05, 0.1) is 0 Å². The lowest BCUT2D eigenvalue weighted by Gasteiger charge is -2.26. The van der Waals surface area contributed by atoms with Crippen molar-refractivity contribution in [1.29, 1.82) is 0 Å². The first kappa shape index (κ1) is 20.5. The summed E-state index contributed by atoms with van der Waals surface area (Å²) in [6.45, 7) is 6.81. The van der Waals surface area contributed by atoms with Crippen molar-refractivity contribution in [1.82, 2.24) is 0 Å². The molecule has 0 aliphatic carbocycles. The second-order valence-corrected chi connectivity index (χ2v) is 7.15. The van der Waals surface area contributed by atoms with Crippen LogP contribution < -0.4 is 0 Å². The molecule has 0 aliphatic rings. The molecule has 1 aromatic rings. The lowest BCUT2D eigenvalue weighted by molar-refractivity contribution is -0.155. The molecule has 0 aromatic heterocycles. The van der Waals surface area contributed by atoms with Crippen molar-refractivity contribution in [2.24, 2.45) is 5.92 Å². The summed E-state index contributed by atoms with van der Waals surface area (Å²) in [4.78, 5) is 11.6. The van der Waals surface area contributed by atoms with Crippen LogP contribution in [-0.2, 0) is 9.53 Å². The number of hydrogen-bond acceptors (Lipinski definition) is 3. The normalized spacial score (nSPS) is 15.0. The van der Waals surface area contributed by atoms with Crippen molar-refractivity contribution in [3.8, 4) is 0 Å². The van der Waals surface area contributed by atoms with Crippen LogP contribution in [0.25, 0.3) is 0 Å². The van der Waals surface area contributed by atoms with Crippen LogP contribution in [0, 0.1) is 11.7 Å². The number of aliphatic hydroxyl groups is 1. The van der Waals surface area contributed by atoms with Gasteiger partial charge in [-0.1, -0.05) is 19.1 Å². The fourth-order valence-corrected chi connectivity index (χ4v) is 2.32. The minimum Gasteiger partial charge on any atom is -0.460 e. The predicted molar refractivity (Wildman–Crippen MR) is 85.2 cm³/mol. The van der Waals surface area contributed by atoms with Crippen molar-refractivity contribution >= 4 is 5.97 Å². The van der Waals surface area contributed by atoms with Crippen molar-refractivity contribution in [2.45, 2.75) is 64.6 Å². The second kappa shape index (κ2) is 8.01. The van der Waals surface area contributed by atoms with Crippen LogP contribution in [0.5, 0.6) is 0 Å². The third-order valence-corrected chi connectivity index (χ3v) is 3.47. The SMILES string of the molecule is CC(CCC(=O)OC(C)(C)C)CC(F)(F)C(O)c1ccc(F)cc1. The molecule has 2 atom stereocenters. The molecular weight excluding hydrogens is 321 g/mol. The van der Waals surface area contributed by atoms with E-state index in [0.717, 1.165) is 24.3 Å². The zero-order chi connectivity index (χ0) is 18.5. The number of carbonyl (C=O) groups is 1. The van der Waals surface area contributed by atoms with Gasteiger partial charge in [0.15, 0.2) is 0 Å². The van der Waals surface area contributed by atoms with E-state index in [0.29, 0.717) is 0 Å². The molecule has 1 N–H and O–H groups in total. The fraction of sp³-hybridized carbons (Fsp3) is 0.611. The number of alkyl halides is 2. The summed E-state index contributed by atoms with van der Waals surface area (Å²) in [7, 11) is 0. The van der Waals surface area contributed by atoms with Gasteiger partial charge in [-0.15, -0.1) is 0 Å². The van der Waals surface area contributed by atoms with Crippen molar-refractivity contribution in [3.05, 3.63) is 35.6 Å². The number of ether oxygens (including phenoxy) is 1. The maximum Gasteiger partial charge on any atom is 0.306 e. The molecule has 0 saturated carbocycles. The van der Waals surface area contributed by atoms with E-state index in [1.807, 2.05) is 0 Å². The predicted octanol–water partition coefficient (Wildman–Crippen LogP) is 4.64. The molecular formula is C18H25F3O3. The first-order valence-electron chi connectivity index (χ1n) is 7.94. The zero-order valence-electron chi connectivity index (χ0n) is 14.5. The van der Waals surface area contributed by atoms with Crippen molar-refractivity contribution < 1.29 is 27.8 Å². The molecule has 0 saturated heterocycles. The highest BCUT2D eigenvalue weighted by atomic mass is 19.3. The minimum atomic E-state index is -3.37. The quantitative estimate of drug-likeness (QED) is 0.732. The lowest BCUT2D eigenvalue weighted by atomic mass is 9.92. The summed E-state index contributed by atoms with van der Waals surface area (Å²) < 4.78 is 46.4. The molecule has 0 aliphatic heterocycles. The van der Waals surface area contributed by atoms with Crippen LogP contribution in [0.2, 0.25) is 0 Å². The molecule has 1 rings (SSSR count). The largest absolute Gasteiger partial charge is 0.460 e. The van der Waals surface area contributed by atoms with Crippen molar-refractivity contribution in [3.63, 3.8) is 0 Å². The van der Waals surface area contributed by atoms with E-state index in [2.05, 4.69) is 0 Å². The molecule has 0 spiro atoms. The van der Waals surface area contributed by atoms with Gasteiger partial charge in [0.1, 0.15) is 17.5 Å². The Hall–Kier alpha value is -1.56. The smallest absolute Gasteiger partial charge is 0.306 e. The molecule has 0 fully saturated rings. The first-order chi connectivity index (χ1) is 10.9. The average molecular weight is 346 g/mol. The Morgan fingerprint density at radius 3 is 2.25 bits per heavy atom. The molecule has 3 nitrogen and oxygen atoms in total. The van der Waals surface area contributed by atoms with E-state index in [1.54, 1.807) is 27.7 Å². The topological polar surface area (TPSA) is 46.5 Å². The van der Waals surface area contributed by atoms with Crippen molar-refractivity contribution in [2.75, 3.05) is 0 Å². The Morgan fingerprint density at radius 1 is 1.21 bits per heavy atom. The Labute approximate surface area is 140 Å². The molecule has 1 aromatic carbocycles. The van der Waals surface area contributed by atoms with Crippen LogP contribution in [0.3, 0.4) is 0 Å². The Balaban J connectivity index is 2.56. The maximum absolute atomic E-state index is 14.2. The van der Waals surface area contributed by atoms with Gasteiger partial charge in [0.25, 0.3) is 5.92 Å². The van der Waals surface area contributed by atoms with Gasteiger partial charge < -0.3 is 9.84 Å². The fourth-order valence-electron chi connectivity index (χ4n) is 2.32. The second-order valence-electron chi connectivity index (χ2n) is 7.15. The standard InChI is InChI=1S/C18H25F3O3/c1-12(5-10-15(22)24-17(2,3)4)11-18(20,21)16(23)13-6-8-14(19)9-7-13/h6-9,12,16,23H,5,10-11H2,1-4H3. The van der Waals surface area contributed by atoms with Crippen LogP contribution in [0.4, 0.5) is 13.2 Å². The van der Waals surface area contributed by atoms with Crippen LogP contribution in [-0.4, -0.2) is 22.6 Å². The number of halogens is 3. The summed E-state index contributed by atoms with van der Waals surface area (Å²) in [5, 5.41) is 9.85. The molecule has 0 amide bonds. The number of carbonyl (C=O) groups excluding carboxylic acids is 1. The minimum absolute atomic E-state index is 0.0410.